The summed E-state index contributed by atoms with van der Waals surface area (Å²) in [5.41, 5.74) is 8.14. The molecule has 0 bridgehead atoms. The molecule has 0 fully saturated rings. The summed E-state index contributed by atoms with van der Waals surface area (Å²) in [5, 5.41) is 0. The van der Waals surface area contributed by atoms with Crippen molar-refractivity contribution in [3.05, 3.63) is 149 Å². The molecular formula is C35H27F2N. The predicted molar refractivity (Wildman–Crippen MR) is 154 cm³/mol. The van der Waals surface area contributed by atoms with Crippen molar-refractivity contribution in [1.82, 2.24) is 0 Å². The van der Waals surface area contributed by atoms with Gasteiger partial charge in [0.25, 0.3) is 0 Å². The first-order valence-electron chi connectivity index (χ1n) is 13.6. The Bertz CT molecular complexity index is 1690. The van der Waals surface area contributed by atoms with Gasteiger partial charge < -0.3 is 4.90 Å². The van der Waals surface area contributed by atoms with E-state index >= 15 is 0 Å². The van der Waals surface area contributed by atoms with Crippen LogP contribution < -0.4 is 4.90 Å². The van der Waals surface area contributed by atoms with E-state index in [0.717, 1.165) is 11.3 Å². The number of benzene rings is 5. The number of hydrogen-bond acceptors (Lipinski definition) is 1. The fourth-order valence-electron chi connectivity index (χ4n) is 5.25. The Morgan fingerprint density at radius 3 is 1.66 bits per heavy atom. The van der Waals surface area contributed by atoms with E-state index in [4.69, 9.17) is 2.74 Å². The quantitative estimate of drug-likeness (QED) is 0.217. The lowest BCUT2D eigenvalue weighted by Gasteiger charge is -2.25. The third-order valence-electron chi connectivity index (χ3n) is 7.23. The van der Waals surface area contributed by atoms with E-state index in [0.29, 0.717) is 22.5 Å². The van der Waals surface area contributed by atoms with Gasteiger partial charge >= 0.3 is 0 Å². The summed E-state index contributed by atoms with van der Waals surface area (Å²) in [6.45, 7) is 4.40. The van der Waals surface area contributed by atoms with Gasteiger partial charge in [0.05, 0.1) is 2.74 Å². The first-order valence-corrected chi connectivity index (χ1v) is 12.6. The molecule has 0 unspecified atom stereocenters. The van der Waals surface area contributed by atoms with Crippen LogP contribution in [0.5, 0.6) is 0 Å². The molecular weight excluding hydrogens is 472 g/mol. The fraction of sp³-hybridized carbons (Fsp3) is 0.0857. The van der Waals surface area contributed by atoms with Gasteiger partial charge in [0, 0.05) is 22.5 Å². The number of fused-ring (bicyclic) bond motifs is 3. The van der Waals surface area contributed by atoms with Crippen LogP contribution in [0, 0.1) is 11.6 Å². The molecule has 5 aromatic rings. The van der Waals surface area contributed by atoms with Crippen molar-refractivity contribution < 1.29 is 11.5 Å². The second-order valence-corrected chi connectivity index (χ2v) is 10.0. The Morgan fingerprint density at radius 1 is 0.579 bits per heavy atom. The molecule has 0 aromatic heterocycles. The average molecular weight is 502 g/mol. The molecule has 0 radical (unpaired) electrons. The van der Waals surface area contributed by atoms with E-state index < -0.39 is 0 Å². The highest BCUT2D eigenvalue weighted by atomic mass is 19.1. The highest BCUT2D eigenvalue weighted by Crippen LogP contribution is 2.48. The van der Waals surface area contributed by atoms with Gasteiger partial charge in [0.15, 0.2) is 0 Å². The van der Waals surface area contributed by atoms with Crippen LogP contribution >= 0.6 is 0 Å². The van der Waals surface area contributed by atoms with Gasteiger partial charge in [-0.2, -0.15) is 0 Å². The van der Waals surface area contributed by atoms with Gasteiger partial charge in [-0.15, -0.1) is 0 Å². The molecule has 186 valence electrons. The van der Waals surface area contributed by atoms with Crippen molar-refractivity contribution in [3.63, 3.8) is 0 Å². The van der Waals surface area contributed by atoms with Gasteiger partial charge in [-0.1, -0.05) is 80.5 Å². The third-order valence-corrected chi connectivity index (χ3v) is 7.23. The summed E-state index contributed by atoms with van der Waals surface area (Å²) < 4.78 is 45.0. The topological polar surface area (TPSA) is 3.24 Å². The number of anilines is 3. The van der Waals surface area contributed by atoms with Crippen molar-refractivity contribution in [2.24, 2.45) is 0 Å². The van der Waals surface area contributed by atoms with Crippen molar-refractivity contribution in [3.8, 4) is 11.1 Å². The maximum absolute atomic E-state index is 13.6. The molecule has 1 aliphatic carbocycles. The maximum atomic E-state index is 13.6. The standard InChI is InChI=1S/C35H27F2N/c1-35(2)33-6-4-3-5-31(33)32-22-11-25(23-34(32)35)8-7-24-9-16-28(17-10-24)38(29-18-12-26(36)13-19-29)30-20-14-27(37)15-21-30/h3-23H,1-2H3/b8-7+/i7D,8D. The van der Waals surface area contributed by atoms with E-state index in [1.54, 1.807) is 36.4 Å². The summed E-state index contributed by atoms with van der Waals surface area (Å²) in [7, 11) is 0. The van der Waals surface area contributed by atoms with Gasteiger partial charge in [0.2, 0.25) is 0 Å². The third kappa shape index (κ3) is 4.31. The van der Waals surface area contributed by atoms with E-state index in [1.807, 2.05) is 35.2 Å². The molecule has 3 heteroatoms. The van der Waals surface area contributed by atoms with Gasteiger partial charge in [-0.05, 0) is 94.0 Å². The van der Waals surface area contributed by atoms with Crippen LogP contribution in [-0.2, 0) is 5.41 Å². The van der Waals surface area contributed by atoms with Crippen molar-refractivity contribution in [2.75, 3.05) is 4.90 Å². The van der Waals surface area contributed by atoms with Gasteiger partial charge in [0.1, 0.15) is 11.6 Å². The molecule has 1 aliphatic rings. The smallest absolute Gasteiger partial charge is 0.123 e. The molecule has 6 rings (SSSR count). The second-order valence-electron chi connectivity index (χ2n) is 10.0. The van der Waals surface area contributed by atoms with Crippen molar-refractivity contribution >= 4 is 29.2 Å². The number of hydrogen-bond donors (Lipinski definition) is 0. The highest BCUT2D eigenvalue weighted by Gasteiger charge is 2.34. The Labute approximate surface area is 225 Å². The van der Waals surface area contributed by atoms with E-state index in [9.17, 15) is 8.78 Å². The maximum Gasteiger partial charge on any atom is 0.123 e. The Kier molecular flexibility index (Phi) is 5.35. The molecule has 38 heavy (non-hydrogen) atoms. The van der Waals surface area contributed by atoms with Crippen LogP contribution in [0.4, 0.5) is 25.8 Å². The molecule has 0 spiro atoms. The molecule has 0 aliphatic heterocycles. The molecule has 0 amide bonds. The molecule has 0 N–H and O–H groups in total. The van der Waals surface area contributed by atoms with Gasteiger partial charge in [-0.25, -0.2) is 8.78 Å². The molecule has 0 heterocycles. The molecule has 0 saturated carbocycles. The minimum absolute atomic E-state index is 0.120. The zero-order valence-electron chi connectivity index (χ0n) is 23.2. The monoisotopic (exact) mass is 501 g/mol. The summed E-state index contributed by atoms with van der Waals surface area (Å²) in [4.78, 5) is 1.89. The van der Waals surface area contributed by atoms with E-state index in [2.05, 4.69) is 38.1 Å². The number of rotatable bonds is 5. The summed E-state index contributed by atoms with van der Waals surface area (Å²) >= 11 is 0. The van der Waals surface area contributed by atoms with Crippen LogP contribution in [0.15, 0.2) is 115 Å². The summed E-state index contributed by atoms with van der Waals surface area (Å²) in [6, 6.07) is 34.2. The van der Waals surface area contributed by atoms with Crippen LogP contribution in [-0.4, -0.2) is 0 Å². The molecule has 1 nitrogen and oxygen atoms in total. The van der Waals surface area contributed by atoms with E-state index in [-0.39, 0.29) is 29.2 Å². The SMILES string of the molecule is [2H]/C(=C(/[2H])c1ccc2c(c1)C(C)(C)c1ccccc1-2)c1ccc(N(c2ccc(F)cc2)c2ccc(F)cc2)cc1. The van der Waals surface area contributed by atoms with E-state index in [1.165, 1.54) is 41.0 Å². The Morgan fingerprint density at radius 2 is 1.05 bits per heavy atom. The molecule has 5 aromatic carbocycles. The zero-order valence-corrected chi connectivity index (χ0v) is 21.2. The summed E-state index contributed by atoms with van der Waals surface area (Å²) in [6.07, 6.45) is 0. The van der Waals surface area contributed by atoms with Crippen LogP contribution in [0.3, 0.4) is 0 Å². The van der Waals surface area contributed by atoms with Gasteiger partial charge in [-0.3, -0.25) is 0 Å². The lowest BCUT2D eigenvalue weighted by Crippen LogP contribution is -2.14. The van der Waals surface area contributed by atoms with Crippen LogP contribution in [0.25, 0.3) is 23.2 Å². The number of nitrogens with zero attached hydrogens (tertiary/aromatic N) is 1. The predicted octanol–water partition coefficient (Wildman–Crippen LogP) is 9.91. The fourth-order valence-corrected chi connectivity index (χ4v) is 5.25. The normalized spacial score (nSPS) is 14.6. The first-order chi connectivity index (χ1) is 19.2. The lowest BCUT2D eigenvalue weighted by molar-refractivity contribution is 0.628. The molecule has 0 saturated heterocycles. The Hall–Kier alpha value is -4.50. The van der Waals surface area contributed by atoms with Crippen molar-refractivity contribution in [2.45, 2.75) is 19.3 Å². The van der Waals surface area contributed by atoms with Crippen LogP contribution in [0.1, 0.15) is 38.8 Å². The lowest BCUT2D eigenvalue weighted by atomic mass is 9.82. The first kappa shape index (κ1) is 21.6. The minimum Gasteiger partial charge on any atom is -0.310 e. The minimum atomic E-state index is -0.344. The second kappa shape index (κ2) is 9.42. The summed E-state index contributed by atoms with van der Waals surface area (Å²) in [5.74, 6) is -0.687. The number of halogens is 2. The highest BCUT2D eigenvalue weighted by molar-refractivity contribution is 5.83. The Balaban J connectivity index is 1.35. The largest absolute Gasteiger partial charge is 0.310 e. The van der Waals surface area contributed by atoms with Crippen molar-refractivity contribution in [1.29, 1.82) is 0 Å². The zero-order chi connectivity index (χ0) is 28.0. The van der Waals surface area contributed by atoms with Crippen LogP contribution in [0.2, 0.25) is 0 Å². The molecule has 0 atom stereocenters. The average Bonchev–Trinajstić information content (AvgIpc) is 3.21.